The molecule has 1 aliphatic rings. The molecule has 40 heavy (non-hydrogen) atoms. The molecular formula is C31H22N2O6S. The number of nitrogens with zero attached hydrogens (tertiary/aromatic N) is 2. The number of carboxylic acids is 1. The fourth-order valence-corrected chi connectivity index (χ4v) is 5.02. The minimum absolute atomic E-state index is 0.0659. The van der Waals surface area contributed by atoms with E-state index < -0.39 is 11.8 Å². The van der Waals surface area contributed by atoms with Gasteiger partial charge in [-0.15, -0.1) is 0 Å². The number of aromatic nitrogens is 2. The predicted molar refractivity (Wildman–Crippen MR) is 150 cm³/mol. The number of ether oxygens (including phenoxy) is 3. The summed E-state index contributed by atoms with van der Waals surface area (Å²) in [6.07, 6.45) is 0.0846. The molecule has 198 valence electrons. The summed E-state index contributed by atoms with van der Waals surface area (Å²) in [6.45, 7) is 0.488. The van der Waals surface area contributed by atoms with Crippen molar-refractivity contribution in [3.63, 3.8) is 0 Å². The maximum absolute atomic E-state index is 13.9. The smallest absolute Gasteiger partial charge is 0.336 e. The van der Waals surface area contributed by atoms with Crippen LogP contribution in [0.1, 0.15) is 27.0 Å². The lowest BCUT2D eigenvalue weighted by molar-refractivity contribution is -0.130. The molecule has 2 heterocycles. The number of benzene rings is 4. The maximum atomic E-state index is 13.9. The van der Waals surface area contributed by atoms with E-state index in [1.54, 1.807) is 36.4 Å². The number of carboxylic acid groups (broad SMARTS) is 1. The highest BCUT2D eigenvalue weighted by atomic mass is 32.1. The molecular weight excluding hydrogens is 528 g/mol. The number of Topliss-reactive ketones (excluding diaryl/α,β-unsaturated/α-hetero) is 1. The number of hydrogen-bond donors (Lipinski definition) is 1. The lowest BCUT2D eigenvalue weighted by Crippen LogP contribution is -2.14. The van der Waals surface area contributed by atoms with Gasteiger partial charge in [0.2, 0.25) is 6.79 Å². The molecule has 0 fully saturated rings. The van der Waals surface area contributed by atoms with E-state index in [9.17, 15) is 14.7 Å². The SMILES string of the molecule is O=C(O)C(=C(Cc1ccc(OCc2ccccc2)cc1)C(=O)c1ccc2c(c1)OCO2)c1ccc2nsnc2c1. The molecule has 1 N–H and O–H groups in total. The molecule has 1 aromatic heterocycles. The first-order chi connectivity index (χ1) is 19.5. The first kappa shape index (κ1) is 25.3. The standard InChI is InChI=1S/C31H22N2O6S/c34-30(22-9-13-27-28(16-22)39-18-38-27)24(29(31(35)36)21-8-12-25-26(15-21)33-40-32-25)14-19-6-10-23(11-7-19)37-17-20-4-2-1-3-5-20/h1-13,15-16H,14,17-18H2,(H,35,36). The summed E-state index contributed by atoms with van der Waals surface area (Å²) >= 11 is 1.04. The molecule has 6 rings (SSSR count). The van der Waals surface area contributed by atoms with E-state index in [0.29, 0.717) is 46.0 Å². The minimum atomic E-state index is -1.21. The molecule has 0 aliphatic carbocycles. The zero-order chi connectivity index (χ0) is 27.5. The Morgan fingerprint density at radius 1 is 0.800 bits per heavy atom. The van der Waals surface area contributed by atoms with Crippen LogP contribution in [0, 0.1) is 0 Å². The Morgan fingerprint density at radius 3 is 2.35 bits per heavy atom. The molecule has 0 saturated heterocycles. The maximum Gasteiger partial charge on any atom is 0.336 e. The average Bonchev–Trinajstić information content (AvgIpc) is 3.65. The Labute approximate surface area is 233 Å². The van der Waals surface area contributed by atoms with E-state index >= 15 is 0 Å². The van der Waals surface area contributed by atoms with Crippen molar-refractivity contribution in [1.82, 2.24) is 8.75 Å². The molecule has 0 saturated carbocycles. The molecule has 0 bridgehead atoms. The second kappa shape index (κ2) is 11.0. The first-order valence-electron chi connectivity index (χ1n) is 12.4. The van der Waals surface area contributed by atoms with Crippen LogP contribution in [0.4, 0.5) is 0 Å². The molecule has 9 heteroatoms. The van der Waals surface area contributed by atoms with Crippen molar-refractivity contribution in [3.8, 4) is 17.2 Å². The van der Waals surface area contributed by atoms with Gasteiger partial charge in [-0.3, -0.25) is 4.79 Å². The Balaban J connectivity index is 1.36. The van der Waals surface area contributed by atoms with Crippen LogP contribution in [0.2, 0.25) is 0 Å². The molecule has 0 atom stereocenters. The molecule has 0 unspecified atom stereocenters. The van der Waals surface area contributed by atoms with Crippen molar-refractivity contribution in [2.75, 3.05) is 6.79 Å². The number of hydrogen-bond acceptors (Lipinski definition) is 8. The van der Waals surface area contributed by atoms with Crippen LogP contribution in [-0.4, -0.2) is 32.4 Å². The summed E-state index contributed by atoms with van der Waals surface area (Å²) in [7, 11) is 0. The molecule has 0 spiro atoms. The molecule has 5 aromatic rings. The van der Waals surface area contributed by atoms with Gasteiger partial charge < -0.3 is 19.3 Å². The summed E-state index contributed by atoms with van der Waals surface area (Å²) in [4.78, 5) is 26.6. The second-order valence-electron chi connectivity index (χ2n) is 9.12. The van der Waals surface area contributed by atoms with Crippen LogP contribution < -0.4 is 14.2 Å². The van der Waals surface area contributed by atoms with Crippen molar-refractivity contribution in [1.29, 1.82) is 0 Å². The van der Waals surface area contributed by atoms with Crippen LogP contribution in [0.25, 0.3) is 16.6 Å². The molecule has 1 aliphatic heterocycles. The Hall–Kier alpha value is -5.02. The number of ketones is 1. The van der Waals surface area contributed by atoms with Gasteiger partial charge in [0.1, 0.15) is 23.4 Å². The van der Waals surface area contributed by atoms with Crippen LogP contribution in [0.5, 0.6) is 17.2 Å². The molecule has 0 amide bonds. The van der Waals surface area contributed by atoms with E-state index in [0.717, 1.165) is 22.9 Å². The van der Waals surface area contributed by atoms with Gasteiger partial charge in [0.25, 0.3) is 0 Å². The van der Waals surface area contributed by atoms with Gasteiger partial charge in [-0.25, -0.2) is 4.79 Å². The van der Waals surface area contributed by atoms with Gasteiger partial charge in [0.05, 0.1) is 17.3 Å². The fraction of sp³-hybridized carbons (Fsp3) is 0.0968. The third kappa shape index (κ3) is 5.27. The van der Waals surface area contributed by atoms with E-state index in [2.05, 4.69) is 8.75 Å². The Bertz CT molecular complexity index is 1750. The fourth-order valence-electron chi connectivity index (χ4n) is 4.51. The number of aliphatic carboxylic acids is 1. The summed E-state index contributed by atoms with van der Waals surface area (Å²) in [5.41, 5.74) is 3.74. The normalized spacial score (nSPS) is 12.7. The number of fused-ring (bicyclic) bond motifs is 2. The summed E-state index contributed by atoms with van der Waals surface area (Å²) in [5.74, 6) is 0.0105. The van der Waals surface area contributed by atoms with Crippen LogP contribution in [0.3, 0.4) is 0 Å². The van der Waals surface area contributed by atoms with Crippen molar-refractivity contribution in [2.24, 2.45) is 0 Å². The third-order valence-electron chi connectivity index (χ3n) is 6.52. The number of rotatable bonds is 9. The monoisotopic (exact) mass is 550 g/mol. The quantitative estimate of drug-likeness (QED) is 0.177. The van der Waals surface area contributed by atoms with Crippen molar-refractivity contribution < 1.29 is 28.9 Å². The highest BCUT2D eigenvalue weighted by Gasteiger charge is 2.26. The third-order valence-corrected chi connectivity index (χ3v) is 7.08. The summed E-state index contributed by atoms with van der Waals surface area (Å²) in [5, 5.41) is 10.4. The Morgan fingerprint density at radius 2 is 1.55 bits per heavy atom. The Kier molecular flexibility index (Phi) is 6.95. The lowest BCUT2D eigenvalue weighted by Gasteiger charge is -2.14. The number of allylic oxidation sites excluding steroid dienone is 1. The first-order valence-corrected chi connectivity index (χ1v) is 13.2. The van der Waals surface area contributed by atoms with Gasteiger partial charge >= 0.3 is 5.97 Å². The van der Waals surface area contributed by atoms with Gasteiger partial charge in [-0.05, 0) is 59.2 Å². The predicted octanol–water partition coefficient (Wildman–Crippen LogP) is 5.96. The van der Waals surface area contributed by atoms with Gasteiger partial charge in [0.15, 0.2) is 17.3 Å². The summed E-state index contributed by atoms with van der Waals surface area (Å²) < 4.78 is 25.2. The van der Waals surface area contributed by atoms with Crippen molar-refractivity contribution >= 4 is 40.1 Å². The molecule has 4 aromatic carbocycles. The second-order valence-corrected chi connectivity index (χ2v) is 9.65. The van der Waals surface area contributed by atoms with Gasteiger partial charge in [0, 0.05) is 17.6 Å². The highest BCUT2D eigenvalue weighted by Crippen LogP contribution is 2.35. The highest BCUT2D eigenvalue weighted by molar-refractivity contribution is 7.00. The van der Waals surface area contributed by atoms with E-state index in [1.807, 2.05) is 54.6 Å². The largest absolute Gasteiger partial charge is 0.489 e. The molecule has 0 radical (unpaired) electrons. The van der Waals surface area contributed by atoms with E-state index in [-0.39, 0.29) is 24.4 Å². The van der Waals surface area contributed by atoms with Crippen LogP contribution in [-0.2, 0) is 17.8 Å². The molecule has 8 nitrogen and oxygen atoms in total. The topological polar surface area (TPSA) is 108 Å². The van der Waals surface area contributed by atoms with Crippen LogP contribution in [0.15, 0.2) is 96.6 Å². The zero-order valence-corrected chi connectivity index (χ0v) is 21.9. The number of carbonyl (C=O) groups excluding carboxylic acids is 1. The van der Waals surface area contributed by atoms with Gasteiger partial charge in [-0.1, -0.05) is 48.5 Å². The van der Waals surface area contributed by atoms with Crippen molar-refractivity contribution in [2.45, 2.75) is 13.0 Å². The van der Waals surface area contributed by atoms with Crippen LogP contribution >= 0.6 is 11.7 Å². The average molecular weight is 551 g/mol. The minimum Gasteiger partial charge on any atom is -0.489 e. The van der Waals surface area contributed by atoms with E-state index in [1.165, 1.54) is 0 Å². The lowest BCUT2D eigenvalue weighted by atomic mass is 9.89. The number of carbonyl (C=O) groups is 2. The van der Waals surface area contributed by atoms with E-state index in [4.69, 9.17) is 14.2 Å². The van der Waals surface area contributed by atoms with Crippen molar-refractivity contribution in [3.05, 3.63) is 119 Å². The summed E-state index contributed by atoms with van der Waals surface area (Å²) in [6, 6.07) is 27.0. The van der Waals surface area contributed by atoms with Gasteiger partial charge in [-0.2, -0.15) is 8.75 Å². The zero-order valence-electron chi connectivity index (χ0n) is 21.1.